The Labute approximate surface area is 289 Å². The van der Waals surface area contributed by atoms with Crippen LogP contribution in [-0.2, 0) is 18.6 Å². The van der Waals surface area contributed by atoms with E-state index in [0.717, 1.165) is 0 Å². The van der Waals surface area contributed by atoms with E-state index in [-0.39, 0.29) is 24.8 Å². The molecule has 0 fully saturated rings. The van der Waals surface area contributed by atoms with Gasteiger partial charge in [0.05, 0.1) is 0 Å². The quantitative estimate of drug-likeness (QED) is 0.232. The van der Waals surface area contributed by atoms with Crippen molar-refractivity contribution < 1.29 is 43.4 Å². The molecule has 224 valence electrons. The van der Waals surface area contributed by atoms with Gasteiger partial charge in [0.15, 0.2) is 0 Å². The van der Waals surface area contributed by atoms with Crippen molar-refractivity contribution in [1.82, 2.24) is 0 Å². The number of rotatable bonds is 5. The van der Waals surface area contributed by atoms with Crippen LogP contribution >= 0.6 is 0 Å². The van der Waals surface area contributed by atoms with E-state index in [1.54, 1.807) is 15.5 Å². The molecule has 0 radical (unpaired) electrons. The molecule has 0 heterocycles. The predicted molar refractivity (Wildman–Crippen MR) is 185 cm³/mol. The zero-order valence-electron chi connectivity index (χ0n) is 26.5. The molecule has 0 saturated carbocycles. The first kappa shape index (κ1) is 33.9. The Morgan fingerprint density at radius 2 is 0.911 bits per heavy atom. The van der Waals surface area contributed by atoms with Crippen molar-refractivity contribution in [3.8, 4) is 0 Å². The third-order valence-electron chi connectivity index (χ3n) is 9.60. The van der Waals surface area contributed by atoms with E-state index in [1.807, 2.05) is 6.56 Å². The number of hydrogen-bond donors (Lipinski definition) is 0. The van der Waals surface area contributed by atoms with Crippen LogP contribution in [0.5, 0.6) is 0 Å². The van der Waals surface area contributed by atoms with Gasteiger partial charge in [-0.25, -0.2) is 0 Å². The summed E-state index contributed by atoms with van der Waals surface area (Å²) in [6.07, 6.45) is 5.19. The summed E-state index contributed by atoms with van der Waals surface area (Å²) < 4.78 is 5.36. The molecule has 0 amide bonds. The van der Waals surface area contributed by atoms with E-state index in [1.165, 1.54) is 43.8 Å². The minimum absolute atomic E-state index is 0. The van der Waals surface area contributed by atoms with Gasteiger partial charge in [0, 0.05) is 0 Å². The molecule has 5 aromatic rings. The largest absolute Gasteiger partial charge is 1.00 e. The summed E-state index contributed by atoms with van der Waals surface area (Å²) in [5.41, 5.74) is 8.84. The fraction of sp³-hybridized carbons (Fsp3) is 0.171. The molecule has 2 unspecified atom stereocenters. The summed E-state index contributed by atoms with van der Waals surface area (Å²) in [7, 11) is -1.60. The molecule has 0 spiro atoms. The van der Waals surface area contributed by atoms with E-state index in [4.69, 9.17) is 0 Å². The average molecular weight is 765 g/mol. The van der Waals surface area contributed by atoms with Crippen LogP contribution in [0.4, 0.5) is 0 Å². The van der Waals surface area contributed by atoms with Crippen molar-refractivity contribution >= 4 is 47.1 Å². The van der Waals surface area contributed by atoms with Crippen molar-refractivity contribution in [3.05, 3.63) is 156 Å². The van der Waals surface area contributed by atoms with Gasteiger partial charge in [-0.3, -0.25) is 0 Å². The first-order valence-electron chi connectivity index (χ1n) is 15.5. The minimum atomic E-state index is -2.31. The monoisotopic (exact) mass is 764 g/mol. The SMILES string of the molecule is CC1=[C]([Zr+2]([C]2=C(C)C(c3ccc4ccccc4c3)=CC2C)=[Ge]([CH3])[c]2ccccc2)C(C)C=C1c1ccc2ccccc2c1.[Cl-].[Cl-]. The fourth-order valence-corrected chi connectivity index (χ4v) is 43.5. The summed E-state index contributed by atoms with van der Waals surface area (Å²) in [5, 5.41) is 5.29. The first-order valence-corrected chi connectivity index (χ1v) is 28.6. The summed E-state index contributed by atoms with van der Waals surface area (Å²) >= 11 is -2.31. The van der Waals surface area contributed by atoms with Crippen LogP contribution in [0.2, 0.25) is 5.76 Å². The van der Waals surface area contributed by atoms with Crippen LogP contribution in [0, 0.1) is 11.8 Å². The van der Waals surface area contributed by atoms with Crippen LogP contribution in [0.25, 0.3) is 32.7 Å². The Kier molecular flexibility index (Phi) is 10.7. The van der Waals surface area contributed by atoms with Gasteiger partial charge in [0.25, 0.3) is 0 Å². The number of allylic oxidation sites excluding steroid dienone is 8. The second-order valence-electron chi connectivity index (χ2n) is 12.3. The van der Waals surface area contributed by atoms with Crippen LogP contribution in [0.15, 0.2) is 145 Å². The van der Waals surface area contributed by atoms with Crippen molar-refractivity contribution in [3.63, 3.8) is 0 Å². The third-order valence-corrected chi connectivity index (χ3v) is 40.4. The van der Waals surface area contributed by atoms with Gasteiger partial charge in [0.2, 0.25) is 0 Å². The molecule has 2 aliphatic carbocycles. The first-order chi connectivity index (χ1) is 20.9. The van der Waals surface area contributed by atoms with Crippen LogP contribution in [0.3, 0.4) is 0 Å². The van der Waals surface area contributed by atoms with Crippen molar-refractivity contribution in [2.45, 2.75) is 33.5 Å². The standard InChI is InChI=1S/2C17H15.C7H8Ge.2ClH.Zr/c2*1-12-9-13(2)17(10-12)16-8-7-14-5-3-4-6-15(14)11-16;1-8-7-5-3-2-4-6-7;;;/h2*3-8,10-12H,1-2H3;2-6H,1H3;2*1H;/q;;;;;+2/p-2. The molecule has 2 atom stereocenters. The molecule has 2 aliphatic rings. The number of halogens is 2. The van der Waals surface area contributed by atoms with Crippen molar-refractivity contribution in [2.24, 2.45) is 11.8 Å². The summed E-state index contributed by atoms with van der Waals surface area (Å²) in [6.45, 7) is 9.86. The smallest absolute Gasteiger partial charge is 1.00 e. The zero-order chi connectivity index (χ0) is 29.7. The molecule has 0 aliphatic heterocycles. The number of benzene rings is 5. The maximum Gasteiger partial charge on any atom is -1.00 e. The Morgan fingerprint density at radius 1 is 0.511 bits per heavy atom. The maximum absolute atomic E-state index is 2.70. The average Bonchev–Trinajstić information content (AvgIpc) is 3.50. The van der Waals surface area contributed by atoms with Gasteiger partial charge in [0.1, 0.15) is 0 Å². The topological polar surface area (TPSA) is 0 Å². The van der Waals surface area contributed by atoms with Crippen LogP contribution in [0.1, 0.15) is 38.8 Å². The molecule has 0 N–H and O–H groups in total. The molecule has 0 nitrogen and oxygen atoms in total. The Balaban J connectivity index is 0.00000200. The molecule has 4 heteroatoms. The summed E-state index contributed by atoms with van der Waals surface area (Å²) in [4.78, 5) is 0. The molecule has 45 heavy (non-hydrogen) atoms. The third kappa shape index (κ3) is 6.31. The van der Waals surface area contributed by atoms with Crippen LogP contribution in [-0.4, -0.2) is 9.98 Å². The van der Waals surface area contributed by atoms with Gasteiger partial charge in [-0.2, -0.15) is 0 Å². The van der Waals surface area contributed by atoms with E-state index in [0.29, 0.717) is 11.8 Å². The maximum atomic E-state index is 2.70. The number of fused-ring (bicyclic) bond motifs is 2. The molecular formula is C41H38Cl2GeZr. The number of hydrogen-bond acceptors (Lipinski definition) is 0. The van der Waals surface area contributed by atoms with Gasteiger partial charge < -0.3 is 24.8 Å². The molecule has 0 bridgehead atoms. The van der Waals surface area contributed by atoms with Gasteiger partial charge in [-0.05, 0) is 0 Å². The predicted octanol–water partition coefficient (Wildman–Crippen LogP) is 4.46. The second-order valence-corrected chi connectivity index (χ2v) is 36.4. The molecule has 0 aromatic heterocycles. The Hall–Kier alpha value is -2.41. The van der Waals surface area contributed by atoms with Crippen molar-refractivity contribution in [1.29, 1.82) is 0 Å². The normalized spacial score (nSPS) is 17.4. The van der Waals surface area contributed by atoms with E-state index in [9.17, 15) is 0 Å². The summed E-state index contributed by atoms with van der Waals surface area (Å²) in [5.74, 6) is 3.70. The van der Waals surface area contributed by atoms with E-state index in [2.05, 4.69) is 161 Å². The molecule has 7 rings (SSSR count). The van der Waals surface area contributed by atoms with Gasteiger partial charge >= 0.3 is 267 Å². The Bertz CT molecular complexity index is 1960. The van der Waals surface area contributed by atoms with Crippen LogP contribution < -0.4 is 29.2 Å². The van der Waals surface area contributed by atoms with Gasteiger partial charge in [-0.1, -0.05) is 0 Å². The molecule has 0 saturated heterocycles. The molecular weight excluding hydrogens is 727 g/mol. The minimum Gasteiger partial charge on any atom is -1.00 e. The second kappa shape index (κ2) is 14.1. The molecule has 5 aromatic carbocycles. The van der Waals surface area contributed by atoms with E-state index >= 15 is 0 Å². The van der Waals surface area contributed by atoms with Gasteiger partial charge in [-0.15, -0.1) is 0 Å². The van der Waals surface area contributed by atoms with Crippen molar-refractivity contribution in [2.75, 3.05) is 0 Å². The zero-order valence-corrected chi connectivity index (χ0v) is 32.6. The summed E-state index contributed by atoms with van der Waals surface area (Å²) in [6, 6.07) is 43.2. The Morgan fingerprint density at radius 3 is 1.36 bits per heavy atom. The van der Waals surface area contributed by atoms with E-state index < -0.39 is 28.6 Å². The fourth-order valence-electron chi connectivity index (χ4n) is 7.44.